The molecule has 0 bridgehead atoms. The fraction of sp³-hybridized carbons (Fsp3) is 0.286. The van der Waals surface area contributed by atoms with E-state index in [1.165, 1.54) is 4.31 Å². The highest BCUT2D eigenvalue weighted by atomic mass is 32.2. The molecule has 1 N–H and O–H groups in total. The molecule has 0 saturated carbocycles. The Hall–Kier alpha value is -3.40. The molecule has 3 aromatic rings. The maximum atomic E-state index is 12.7. The minimum absolute atomic E-state index is 0.0367. The monoisotopic (exact) mass is 442 g/mol. The molecule has 10 heteroatoms. The third kappa shape index (κ3) is 4.69. The van der Waals surface area contributed by atoms with E-state index in [9.17, 15) is 13.2 Å². The Morgan fingerprint density at radius 1 is 1.23 bits per heavy atom. The van der Waals surface area contributed by atoms with Crippen molar-refractivity contribution in [2.75, 3.05) is 17.1 Å². The number of ether oxygens (including phenoxy) is 1. The van der Waals surface area contributed by atoms with E-state index in [0.717, 1.165) is 17.4 Å². The van der Waals surface area contributed by atoms with Crippen LogP contribution in [0.25, 0.3) is 11.4 Å². The number of hydrogen-bond donors (Lipinski definition) is 1. The number of rotatable bonds is 5. The molecule has 1 aromatic heterocycles. The molecule has 1 aliphatic heterocycles. The summed E-state index contributed by atoms with van der Waals surface area (Å²) in [4.78, 5) is 17.0. The van der Waals surface area contributed by atoms with Crippen LogP contribution in [0.3, 0.4) is 0 Å². The second-order valence-corrected chi connectivity index (χ2v) is 9.20. The molecule has 1 amide bonds. The first-order chi connectivity index (χ1) is 14.8. The highest BCUT2D eigenvalue weighted by molar-refractivity contribution is 7.92. The van der Waals surface area contributed by atoms with E-state index in [1.807, 2.05) is 31.2 Å². The molecule has 4 rings (SSSR count). The third-order valence-electron chi connectivity index (χ3n) is 4.85. The second kappa shape index (κ2) is 8.38. The van der Waals surface area contributed by atoms with Gasteiger partial charge in [0.15, 0.2) is 6.10 Å². The van der Waals surface area contributed by atoms with Crippen molar-refractivity contribution < 1.29 is 22.5 Å². The molecule has 0 saturated heterocycles. The maximum absolute atomic E-state index is 12.7. The van der Waals surface area contributed by atoms with E-state index in [2.05, 4.69) is 15.5 Å². The molecule has 2 heterocycles. The number of fused-ring (bicyclic) bond motifs is 1. The van der Waals surface area contributed by atoms with Crippen LogP contribution in [0.15, 0.2) is 53.1 Å². The fourth-order valence-corrected chi connectivity index (χ4v) is 4.31. The van der Waals surface area contributed by atoms with Crippen LogP contribution in [0.5, 0.6) is 5.75 Å². The molecule has 0 unspecified atom stereocenters. The quantitative estimate of drug-likeness (QED) is 0.645. The molecule has 0 radical (unpaired) electrons. The van der Waals surface area contributed by atoms with Gasteiger partial charge in [-0.25, -0.2) is 8.42 Å². The van der Waals surface area contributed by atoms with Gasteiger partial charge in [-0.05, 0) is 25.1 Å². The van der Waals surface area contributed by atoms with Crippen molar-refractivity contribution in [3.05, 3.63) is 60.0 Å². The van der Waals surface area contributed by atoms with Crippen LogP contribution in [0.1, 0.15) is 17.9 Å². The number of para-hydroxylation sites is 2. The normalized spacial score (nSPS) is 16.2. The molecular weight excluding hydrogens is 420 g/mol. The van der Waals surface area contributed by atoms with Crippen LogP contribution >= 0.6 is 0 Å². The Balaban J connectivity index is 1.44. The van der Waals surface area contributed by atoms with Crippen molar-refractivity contribution in [3.8, 4) is 17.1 Å². The largest absolute Gasteiger partial charge is 0.478 e. The zero-order valence-electron chi connectivity index (χ0n) is 17.1. The molecule has 1 atom stereocenters. The van der Waals surface area contributed by atoms with Gasteiger partial charge in [-0.3, -0.25) is 9.10 Å². The van der Waals surface area contributed by atoms with Crippen molar-refractivity contribution in [2.24, 2.45) is 0 Å². The van der Waals surface area contributed by atoms with Gasteiger partial charge in [0.1, 0.15) is 5.75 Å². The van der Waals surface area contributed by atoms with Gasteiger partial charge in [0.05, 0.1) is 18.5 Å². The second-order valence-electron chi connectivity index (χ2n) is 7.30. The molecule has 31 heavy (non-hydrogen) atoms. The van der Waals surface area contributed by atoms with E-state index >= 15 is 0 Å². The summed E-state index contributed by atoms with van der Waals surface area (Å²) in [6, 6.07) is 14.5. The summed E-state index contributed by atoms with van der Waals surface area (Å²) in [6.45, 7) is 2.14. The molecule has 2 aromatic carbocycles. The number of aryl methyl sites for hydroxylation is 1. The number of benzene rings is 2. The highest BCUT2D eigenvalue weighted by Crippen LogP contribution is 2.33. The number of aromatic nitrogens is 2. The van der Waals surface area contributed by atoms with Crippen molar-refractivity contribution in [1.29, 1.82) is 0 Å². The summed E-state index contributed by atoms with van der Waals surface area (Å²) in [6.07, 6.45) is 0.476. The summed E-state index contributed by atoms with van der Waals surface area (Å²) >= 11 is 0. The zero-order valence-corrected chi connectivity index (χ0v) is 17.9. The molecule has 9 nitrogen and oxygen atoms in total. The van der Waals surface area contributed by atoms with E-state index in [1.54, 1.807) is 24.3 Å². The molecule has 1 aliphatic rings. The minimum atomic E-state index is -3.51. The van der Waals surface area contributed by atoms with Crippen LogP contribution in [-0.4, -0.2) is 43.4 Å². The zero-order chi connectivity index (χ0) is 22.0. The van der Waals surface area contributed by atoms with Gasteiger partial charge in [-0.2, -0.15) is 4.98 Å². The first-order valence-electron chi connectivity index (χ1n) is 9.72. The van der Waals surface area contributed by atoms with Crippen molar-refractivity contribution in [3.63, 3.8) is 0 Å². The number of hydrogen-bond acceptors (Lipinski definition) is 7. The Bertz CT molecular complexity index is 1210. The predicted octanol–water partition coefficient (Wildman–Crippen LogP) is 2.28. The van der Waals surface area contributed by atoms with Gasteiger partial charge >= 0.3 is 0 Å². The van der Waals surface area contributed by atoms with Gasteiger partial charge in [0.25, 0.3) is 5.91 Å². The van der Waals surface area contributed by atoms with E-state index in [0.29, 0.717) is 17.3 Å². The van der Waals surface area contributed by atoms with Gasteiger partial charge in [-0.1, -0.05) is 41.1 Å². The summed E-state index contributed by atoms with van der Waals surface area (Å²) in [5.74, 6) is 0.651. The number of amides is 1. The van der Waals surface area contributed by atoms with E-state index < -0.39 is 16.1 Å². The topological polar surface area (TPSA) is 115 Å². The molecule has 0 spiro atoms. The third-order valence-corrected chi connectivity index (χ3v) is 6.03. The van der Waals surface area contributed by atoms with Gasteiger partial charge in [0, 0.05) is 18.5 Å². The summed E-state index contributed by atoms with van der Waals surface area (Å²) < 4.78 is 36.7. The Labute approximate surface area is 180 Å². The lowest BCUT2D eigenvalue weighted by Gasteiger charge is -2.20. The summed E-state index contributed by atoms with van der Waals surface area (Å²) in [5, 5.41) is 6.69. The summed E-state index contributed by atoms with van der Waals surface area (Å²) in [5.41, 5.74) is 2.32. The lowest BCUT2D eigenvalue weighted by molar-refractivity contribution is -0.128. The molecule has 0 fully saturated rings. The number of sulfonamides is 1. The predicted molar refractivity (Wildman–Crippen MR) is 114 cm³/mol. The van der Waals surface area contributed by atoms with Crippen LogP contribution in [0.2, 0.25) is 0 Å². The minimum Gasteiger partial charge on any atom is -0.478 e. The Kier molecular flexibility index (Phi) is 5.64. The number of anilines is 1. The van der Waals surface area contributed by atoms with Crippen molar-refractivity contribution >= 4 is 21.6 Å². The van der Waals surface area contributed by atoms with E-state index in [-0.39, 0.29) is 31.3 Å². The van der Waals surface area contributed by atoms with Gasteiger partial charge in [0.2, 0.25) is 21.7 Å². The smallest absolute Gasteiger partial charge is 0.261 e. The van der Waals surface area contributed by atoms with Crippen LogP contribution in [0.4, 0.5) is 5.69 Å². The highest BCUT2D eigenvalue weighted by Gasteiger charge is 2.31. The van der Waals surface area contributed by atoms with Crippen LogP contribution in [0, 0.1) is 6.92 Å². The molecular formula is C21H22N4O5S. The SMILES string of the molecule is Cc1cccc(-c2noc(CNC(=O)[C@H]3CCN(S(C)(=O)=O)c4ccccc4O3)n2)c1. The Morgan fingerprint density at radius 3 is 2.81 bits per heavy atom. The number of carbonyl (C=O) groups excluding carboxylic acids is 1. The van der Waals surface area contributed by atoms with Gasteiger partial charge < -0.3 is 14.6 Å². The van der Waals surface area contributed by atoms with E-state index in [4.69, 9.17) is 9.26 Å². The first kappa shape index (κ1) is 20.9. The van der Waals surface area contributed by atoms with Crippen molar-refractivity contribution in [1.82, 2.24) is 15.5 Å². The molecule has 162 valence electrons. The maximum Gasteiger partial charge on any atom is 0.261 e. The summed E-state index contributed by atoms with van der Waals surface area (Å²) in [7, 11) is -3.51. The Morgan fingerprint density at radius 2 is 2.03 bits per heavy atom. The number of nitrogens with one attached hydrogen (secondary N) is 1. The lowest BCUT2D eigenvalue weighted by Crippen LogP contribution is -2.39. The van der Waals surface area contributed by atoms with Crippen molar-refractivity contribution in [2.45, 2.75) is 26.0 Å². The average Bonchev–Trinajstić information content (AvgIpc) is 3.11. The van der Waals surface area contributed by atoms with Gasteiger partial charge in [-0.15, -0.1) is 0 Å². The first-order valence-corrected chi connectivity index (χ1v) is 11.6. The van der Waals surface area contributed by atoms with Crippen LogP contribution in [-0.2, 0) is 21.4 Å². The average molecular weight is 442 g/mol. The number of carbonyl (C=O) groups is 1. The molecule has 0 aliphatic carbocycles. The van der Waals surface area contributed by atoms with Crippen LogP contribution < -0.4 is 14.4 Å². The fourth-order valence-electron chi connectivity index (χ4n) is 3.36. The standard InChI is InChI=1S/C21H22N4O5S/c1-14-6-5-7-15(12-14)20-23-19(30-24-20)13-22-21(26)18-10-11-25(31(2,27)28)16-8-3-4-9-17(16)29-18/h3-9,12,18H,10-11,13H2,1-2H3,(H,22,26)/t18-/m1/s1. The lowest BCUT2D eigenvalue weighted by atomic mass is 10.1. The number of nitrogens with zero attached hydrogens (tertiary/aromatic N) is 3.